The van der Waals surface area contributed by atoms with E-state index in [9.17, 15) is 0 Å². The quantitative estimate of drug-likeness (QED) is 0.831. The largest absolute Gasteiger partial charge is 0.467 e. The third-order valence-corrected chi connectivity index (χ3v) is 2.82. The Labute approximate surface area is 102 Å². The zero-order chi connectivity index (χ0) is 12.3. The van der Waals surface area contributed by atoms with Gasteiger partial charge in [-0.05, 0) is 6.92 Å². The van der Waals surface area contributed by atoms with Gasteiger partial charge in [-0.25, -0.2) is 4.98 Å². The van der Waals surface area contributed by atoms with Crippen molar-refractivity contribution in [1.82, 2.24) is 19.9 Å². The summed E-state index contributed by atoms with van der Waals surface area (Å²) in [5, 5.41) is 4.06. The second-order valence-corrected chi connectivity index (χ2v) is 4.52. The fraction of sp³-hybridized carbons (Fsp3) is 0.333. The molecular formula is C9H12N6OS. The summed E-state index contributed by atoms with van der Waals surface area (Å²) in [6.45, 7) is 2.55. The standard InChI is InChI=1S/C9H12N6OS/c1-5-11-3-6(17-5)4-12-8-13-7(10)14-9(15-8)16-2/h3H,4H2,1-2H3,(H3,10,12,13,14,15). The van der Waals surface area contributed by atoms with Crippen LogP contribution >= 0.6 is 11.3 Å². The van der Waals surface area contributed by atoms with Crippen molar-refractivity contribution in [2.75, 3.05) is 18.2 Å². The second-order valence-electron chi connectivity index (χ2n) is 3.20. The number of aryl methyl sites for hydroxylation is 1. The van der Waals surface area contributed by atoms with Crippen molar-refractivity contribution in [1.29, 1.82) is 0 Å². The summed E-state index contributed by atoms with van der Waals surface area (Å²) >= 11 is 1.61. The van der Waals surface area contributed by atoms with E-state index < -0.39 is 0 Å². The molecule has 0 unspecified atom stereocenters. The Morgan fingerprint density at radius 3 is 2.88 bits per heavy atom. The van der Waals surface area contributed by atoms with Gasteiger partial charge in [-0.2, -0.15) is 15.0 Å². The van der Waals surface area contributed by atoms with Crippen LogP contribution in [0.3, 0.4) is 0 Å². The first-order valence-corrected chi connectivity index (χ1v) is 5.70. The van der Waals surface area contributed by atoms with Crippen LogP contribution in [0.4, 0.5) is 11.9 Å². The molecule has 0 spiro atoms. The number of hydrogen-bond acceptors (Lipinski definition) is 8. The van der Waals surface area contributed by atoms with E-state index in [1.165, 1.54) is 7.11 Å². The normalized spacial score (nSPS) is 10.2. The predicted molar refractivity (Wildman–Crippen MR) is 65.0 cm³/mol. The summed E-state index contributed by atoms with van der Waals surface area (Å²) in [4.78, 5) is 17.0. The zero-order valence-corrected chi connectivity index (χ0v) is 10.3. The zero-order valence-electron chi connectivity index (χ0n) is 9.47. The fourth-order valence-corrected chi connectivity index (χ4v) is 1.93. The molecule has 0 aliphatic carbocycles. The van der Waals surface area contributed by atoms with E-state index >= 15 is 0 Å². The van der Waals surface area contributed by atoms with Gasteiger partial charge in [-0.15, -0.1) is 11.3 Å². The number of nitrogens with zero attached hydrogens (tertiary/aromatic N) is 4. The Balaban J connectivity index is 2.05. The smallest absolute Gasteiger partial charge is 0.322 e. The van der Waals surface area contributed by atoms with Gasteiger partial charge in [0.2, 0.25) is 11.9 Å². The molecule has 0 bridgehead atoms. The van der Waals surface area contributed by atoms with Crippen LogP contribution < -0.4 is 15.8 Å². The highest BCUT2D eigenvalue weighted by Crippen LogP contribution is 2.14. The molecule has 0 aliphatic heterocycles. The minimum absolute atomic E-state index is 0.125. The van der Waals surface area contributed by atoms with Gasteiger partial charge in [0.1, 0.15) is 0 Å². The number of nitrogens with two attached hydrogens (primary N) is 1. The van der Waals surface area contributed by atoms with Crippen LogP contribution in [0.15, 0.2) is 6.20 Å². The summed E-state index contributed by atoms with van der Waals surface area (Å²) in [5.41, 5.74) is 5.52. The highest BCUT2D eigenvalue weighted by atomic mass is 32.1. The Morgan fingerprint density at radius 1 is 1.41 bits per heavy atom. The van der Waals surface area contributed by atoms with Gasteiger partial charge in [-0.3, -0.25) is 0 Å². The number of methoxy groups -OCH3 is 1. The van der Waals surface area contributed by atoms with Crippen LogP contribution in [-0.2, 0) is 6.54 Å². The van der Waals surface area contributed by atoms with Gasteiger partial charge in [0.05, 0.1) is 18.7 Å². The molecule has 2 aromatic rings. The maximum Gasteiger partial charge on any atom is 0.322 e. The number of nitrogens with one attached hydrogen (secondary N) is 1. The number of thiazole rings is 1. The van der Waals surface area contributed by atoms with Gasteiger partial charge in [0.15, 0.2) is 0 Å². The van der Waals surface area contributed by atoms with E-state index in [0.717, 1.165) is 9.88 Å². The highest BCUT2D eigenvalue weighted by Gasteiger charge is 2.05. The molecule has 0 aromatic carbocycles. The number of aromatic nitrogens is 4. The van der Waals surface area contributed by atoms with E-state index in [1.54, 1.807) is 11.3 Å². The molecule has 3 N–H and O–H groups in total. The van der Waals surface area contributed by atoms with E-state index in [1.807, 2.05) is 13.1 Å². The molecule has 0 amide bonds. The average molecular weight is 252 g/mol. The van der Waals surface area contributed by atoms with E-state index in [-0.39, 0.29) is 12.0 Å². The topological polar surface area (TPSA) is 98.8 Å². The number of ether oxygens (including phenoxy) is 1. The highest BCUT2D eigenvalue weighted by molar-refractivity contribution is 7.11. The number of nitrogen functional groups attached to an aromatic ring is 1. The summed E-state index contributed by atoms with van der Waals surface area (Å²) in [6, 6.07) is 0.195. The molecule has 8 heteroatoms. The van der Waals surface area contributed by atoms with Crippen molar-refractivity contribution in [2.45, 2.75) is 13.5 Å². The van der Waals surface area contributed by atoms with E-state index in [4.69, 9.17) is 10.5 Å². The molecule has 2 rings (SSSR count). The third kappa shape index (κ3) is 3.00. The molecule has 2 heterocycles. The minimum Gasteiger partial charge on any atom is -0.467 e. The number of rotatable bonds is 4. The third-order valence-electron chi connectivity index (χ3n) is 1.90. The first kappa shape index (κ1) is 11.5. The summed E-state index contributed by atoms with van der Waals surface area (Å²) in [6.07, 6.45) is 1.81. The van der Waals surface area contributed by atoms with Crippen molar-refractivity contribution in [3.8, 4) is 6.01 Å². The Morgan fingerprint density at radius 2 is 2.24 bits per heavy atom. The molecule has 0 atom stereocenters. The van der Waals surface area contributed by atoms with Crippen LogP contribution in [0.2, 0.25) is 0 Å². The Hall–Kier alpha value is -1.96. The van der Waals surface area contributed by atoms with Gasteiger partial charge < -0.3 is 15.8 Å². The molecule has 0 fully saturated rings. The maximum absolute atomic E-state index is 5.52. The molecule has 7 nitrogen and oxygen atoms in total. The van der Waals surface area contributed by atoms with Gasteiger partial charge >= 0.3 is 6.01 Å². The molecule has 2 aromatic heterocycles. The van der Waals surface area contributed by atoms with E-state index in [0.29, 0.717) is 12.5 Å². The van der Waals surface area contributed by atoms with Crippen LogP contribution in [0.25, 0.3) is 0 Å². The number of hydrogen-bond donors (Lipinski definition) is 2. The Bertz CT molecular complexity index is 514. The molecular weight excluding hydrogens is 240 g/mol. The lowest BCUT2D eigenvalue weighted by Gasteiger charge is -2.04. The molecule has 17 heavy (non-hydrogen) atoms. The van der Waals surface area contributed by atoms with Crippen molar-refractivity contribution >= 4 is 23.2 Å². The first-order chi connectivity index (χ1) is 8.17. The van der Waals surface area contributed by atoms with Crippen LogP contribution in [0, 0.1) is 6.92 Å². The van der Waals surface area contributed by atoms with Crippen LogP contribution in [0.1, 0.15) is 9.88 Å². The summed E-state index contributed by atoms with van der Waals surface area (Å²) in [7, 11) is 1.48. The van der Waals surface area contributed by atoms with Gasteiger partial charge in [0, 0.05) is 11.1 Å². The van der Waals surface area contributed by atoms with Crippen LogP contribution in [-0.4, -0.2) is 27.0 Å². The maximum atomic E-state index is 5.52. The lowest BCUT2D eigenvalue weighted by atomic mass is 10.5. The lowest BCUT2D eigenvalue weighted by Crippen LogP contribution is -2.07. The van der Waals surface area contributed by atoms with E-state index in [2.05, 4.69) is 25.3 Å². The first-order valence-electron chi connectivity index (χ1n) is 4.88. The number of anilines is 2. The molecule has 90 valence electrons. The van der Waals surface area contributed by atoms with Gasteiger partial charge in [-0.1, -0.05) is 0 Å². The monoisotopic (exact) mass is 252 g/mol. The van der Waals surface area contributed by atoms with Gasteiger partial charge in [0.25, 0.3) is 0 Å². The average Bonchev–Trinajstić information content (AvgIpc) is 2.72. The van der Waals surface area contributed by atoms with Crippen molar-refractivity contribution < 1.29 is 4.74 Å². The molecule has 0 saturated heterocycles. The Kier molecular flexibility index (Phi) is 3.33. The fourth-order valence-electron chi connectivity index (χ4n) is 1.20. The molecule has 0 radical (unpaired) electrons. The van der Waals surface area contributed by atoms with Crippen molar-refractivity contribution in [3.63, 3.8) is 0 Å². The van der Waals surface area contributed by atoms with Crippen molar-refractivity contribution in [2.24, 2.45) is 0 Å². The van der Waals surface area contributed by atoms with Crippen molar-refractivity contribution in [3.05, 3.63) is 16.1 Å². The summed E-state index contributed by atoms with van der Waals surface area (Å²) in [5.74, 6) is 0.514. The predicted octanol–water partition coefficient (Wildman–Crippen LogP) is 0.839. The second kappa shape index (κ2) is 4.91. The molecule has 0 saturated carbocycles. The van der Waals surface area contributed by atoms with Crippen LogP contribution in [0.5, 0.6) is 6.01 Å². The molecule has 0 aliphatic rings. The lowest BCUT2D eigenvalue weighted by molar-refractivity contribution is 0.379. The minimum atomic E-state index is 0.125. The SMILES string of the molecule is COc1nc(N)nc(NCc2cnc(C)s2)n1. The summed E-state index contributed by atoms with van der Waals surface area (Å²) < 4.78 is 4.90.